The van der Waals surface area contributed by atoms with Gasteiger partial charge in [0.2, 0.25) is 0 Å². The first kappa shape index (κ1) is 14.5. The summed E-state index contributed by atoms with van der Waals surface area (Å²) in [5.74, 6) is 0. The van der Waals surface area contributed by atoms with Crippen molar-refractivity contribution < 1.29 is 0 Å². The van der Waals surface area contributed by atoms with Crippen molar-refractivity contribution in [3.05, 3.63) is 50.1 Å². The highest BCUT2D eigenvalue weighted by molar-refractivity contribution is 4.94. The molecule has 0 aromatic rings. The van der Waals surface area contributed by atoms with Gasteiger partial charge in [0, 0.05) is 0 Å². The van der Waals surface area contributed by atoms with Gasteiger partial charge in [-0.3, -0.25) is 0 Å². The lowest BCUT2D eigenvalue weighted by Gasteiger charge is -1.84. The number of allylic oxidation sites excluding steroid dienone is 4. The van der Waals surface area contributed by atoms with Crippen LogP contribution in [0.2, 0.25) is 0 Å². The van der Waals surface area contributed by atoms with Crippen LogP contribution in [-0.2, 0) is 0 Å². The summed E-state index contributed by atoms with van der Waals surface area (Å²) in [6.07, 6.45) is 10.1. The van der Waals surface area contributed by atoms with Crippen molar-refractivity contribution in [3.63, 3.8) is 0 Å². The molecule has 0 fully saturated rings. The largest absolute Gasteiger partial charge is 0.103 e. The Kier molecular flexibility index (Phi) is 15.1. The normalized spacial score (nSPS) is 7.77. The molecule has 0 nitrogen and oxygen atoms in total. The molecule has 74 valence electrons. The Morgan fingerprint density at radius 3 is 1.62 bits per heavy atom. The van der Waals surface area contributed by atoms with Crippen LogP contribution < -0.4 is 0 Å². The highest BCUT2D eigenvalue weighted by Gasteiger charge is 1.74. The summed E-state index contributed by atoms with van der Waals surface area (Å²) in [6.45, 7) is 16.4. The van der Waals surface area contributed by atoms with Crippen molar-refractivity contribution in [1.29, 1.82) is 0 Å². The second-order valence-electron chi connectivity index (χ2n) is 2.96. The summed E-state index contributed by atoms with van der Waals surface area (Å²) >= 11 is 0. The zero-order chi connectivity index (χ0) is 10.5. The molecule has 0 aliphatic carbocycles. The summed E-state index contributed by atoms with van der Waals surface area (Å²) < 4.78 is 0. The molecule has 0 saturated heterocycles. The molecule has 0 aliphatic heterocycles. The number of hydrogen-bond donors (Lipinski definition) is 0. The molecule has 0 amide bonds. The predicted molar refractivity (Wildman–Crippen MR) is 63.9 cm³/mol. The van der Waals surface area contributed by atoms with E-state index in [0.717, 1.165) is 19.3 Å². The van der Waals surface area contributed by atoms with Crippen LogP contribution in [0, 0.1) is 0 Å². The third kappa shape index (κ3) is 24.8. The van der Waals surface area contributed by atoms with Crippen LogP contribution in [0.5, 0.6) is 0 Å². The lowest BCUT2D eigenvalue weighted by molar-refractivity contribution is 0.871. The van der Waals surface area contributed by atoms with E-state index in [0.29, 0.717) is 0 Å². The van der Waals surface area contributed by atoms with Crippen molar-refractivity contribution in [2.45, 2.75) is 32.6 Å². The average Bonchev–Trinajstić information content (AvgIpc) is 2.06. The first-order valence-electron chi connectivity index (χ1n) is 4.66. The van der Waals surface area contributed by atoms with E-state index in [1.165, 1.54) is 12.0 Å². The maximum Gasteiger partial charge on any atom is -0.0147 e. The molecule has 0 aromatic heterocycles. The third-order valence-electron chi connectivity index (χ3n) is 1.31. The van der Waals surface area contributed by atoms with Gasteiger partial charge >= 0.3 is 0 Å². The van der Waals surface area contributed by atoms with Gasteiger partial charge < -0.3 is 0 Å². The van der Waals surface area contributed by atoms with Crippen LogP contribution in [0.4, 0.5) is 0 Å². The van der Waals surface area contributed by atoms with Gasteiger partial charge in [0.15, 0.2) is 0 Å². The predicted octanol–water partition coefficient (Wildman–Crippen LogP) is 4.67. The molecule has 0 rings (SSSR count). The molecule has 13 heavy (non-hydrogen) atoms. The third-order valence-corrected chi connectivity index (χ3v) is 1.31. The van der Waals surface area contributed by atoms with Gasteiger partial charge in [-0.05, 0) is 32.6 Å². The summed E-state index contributed by atoms with van der Waals surface area (Å²) in [5, 5.41) is 0. The number of rotatable bonds is 6. The molecule has 0 aromatic carbocycles. The molecule has 0 aliphatic rings. The fraction of sp³-hybridized carbons (Fsp3) is 0.385. The number of unbranched alkanes of at least 4 members (excludes halogenated alkanes) is 2. The van der Waals surface area contributed by atoms with Crippen LogP contribution in [0.25, 0.3) is 0 Å². The van der Waals surface area contributed by atoms with E-state index < -0.39 is 0 Å². The molecule has 0 saturated carbocycles. The topological polar surface area (TPSA) is 0 Å². The lowest BCUT2D eigenvalue weighted by Crippen LogP contribution is -1.64. The van der Waals surface area contributed by atoms with E-state index in [1.807, 2.05) is 25.2 Å². The second kappa shape index (κ2) is 13.5. The Balaban J connectivity index is 0. The van der Waals surface area contributed by atoms with Crippen LogP contribution in [0.3, 0.4) is 0 Å². The Bertz CT molecular complexity index is 143. The standard InChI is InChI=1S/C7H12.C6H10/c1-3-5-7-6-4-2;1-4-5-6(2)3/h3-4H,1-2,5-7H2;4H,1-2,5H2,3H3. The average molecular weight is 178 g/mol. The first-order valence-corrected chi connectivity index (χ1v) is 4.66. The first-order chi connectivity index (χ1) is 6.18. The van der Waals surface area contributed by atoms with Crippen LogP contribution in [0.15, 0.2) is 50.1 Å². The fourth-order valence-corrected chi connectivity index (χ4v) is 0.653. The molecule has 0 heteroatoms. The highest BCUT2D eigenvalue weighted by atomic mass is 13.8. The molecule has 0 N–H and O–H groups in total. The van der Waals surface area contributed by atoms with Crippen LogP contribution >= 0.6 is 0 Å². The maximum atomic E-state index is 3.67. The molecule has 0 radical (unpaired) electrons. The SMILES string of the molecule is C=CCC(=C)C.C=CCCCC=C. The minimum Gasteiger partial charge on any atom is -0.103 e. The molecule has 0 spiro atoms. The molecule has 0 atom stereocenters. The van der Waals surface area contributed by atoms with E-state index in [2.05, 4.69) is 26.3 Å². The van der Waals surface area contributed by atoms with Crippen molar-refractivity contribution >= 4 is 0 Å². The van der Waals surface area contributed by atoms with Gasteiger partial charge in [-0.1, -0.05) is 30.4 Å². The molecular formula is C13H22. The minimum atomic E-state index is 0.944. The molecule has 0 heterocycles. The van der Waals surface area contributed by atoms with Crippen molar-refractivity contribution in [1.82, 2.24) is 0 Å². The van der Waals surface area contributed by atoms with Crippen LogP contribution in [-0.4, -0.2) is 0 Å². The Morgan fingerprint density at radius 1 is 1.00 bits per heavy atom. The summed E-state index contributed by atoms with van der Waals surface area (Å²) in [7, 11) is 0. The zero-order valence-corrected chi connectivity index (χ0v) is 8.89. The van der Waals surface area contributed by atoms with E-state index >= 15 is 0 Å². The summed E-state index contributed by atoms with van der Waals surface area (Å²) in [6, 6.07) is 0. The van der Waals surface area contributed by atoms with Gasteiger partial charge in [-0.25, -0.2) is 0 Å². The maximum absolute atomic E-state index is 3.67. The van der Waals surface area contributed by atoms with E-state index in [9.17, 15) is 0 Å². The highest BCUT2D eigenvalue weighted by Crippen LogP contribution is 1.94. The molecule has 0 bridgehead atoms. The van der Waals surface area contributed by atoms with Gasteiger partial charge in [-0.15, -0.1) is 19.7 Å². The summed E-state index contributed by atoms with van der Waals surface area (Å²) in [5.41, 5.74) is 1.17. The molecular weight excluding hydrogens is 156 g/mol. The quantitative estimate of drug-likeness (QED) is 0.409. The van der Waals surface area contributed by atoms with Crippen LogP contribution in [0.1, 0.15) is 32.6 Å². The Labute approximate surface area is 83.4 Å². The monoisotopic (exact) mass is 178 g/mol. The molecule has 0 unspecified atom stereocenters. The van der Waals surface area contributed by atoms with Crippen molar-refractivity contribution in [2.75, 3.05) is 0 Å². The van der Waals surface area contributed by atoms with E-state index in [4.69, 9.17) is 0 Å². The van der Waals surface area contributed by atoms with Gasteiger partial charge in [0.25, 0.3) is 0 Å². The smallest absolute Gasteiger partial charge is 0.0147 e. The van der Waals surface area contributed by atoms with Crippen molar-refractivity contribution in [3.8, 4) is 0 Å². The Morgan fingerprint density at radius 2 is 1.46 bits per heavy atom. The second-order valence-corrected chi connectivity index (χ2v) is 2.96. The van der Waals surface area contributed by atoms with E-state index in [-0.39, 0.29) is 0 Å². The van der Waals surface area contributed by atoms with Crippen molar-refractivity contribution in [2.24, 2.45) is 0 Å². The van der Waals surface area contributed by atoms with Gasteiger partial charge in [-0.2, -0.15) is 0 Å². The summed E-state index contributed by atoms with van der Waals surface area (Å²) in [4.78, 5) is 0. The Hall–Kier alpha value is -1.04. The van der Waals surface area contributed by atoms with E-state index in [1.54, 1.807) is 0 Å². The lowest BCUT2D eigenvalue weighted by atomic mass is 10.2. The number of hydrogen-bond acceptors (Lipinski definition) is 0. The fourth-order valence-electron chi connectivity index (χ4n) is 0.653. The zero-order valence-electron chi connectivity index (χ0n) is 8.89. The minimum absolute atomic E-state index is 0.944. The van der Waals surface area contributed by atoms with Gasteiger partial charge in [0.1, 0.15) is 0 Å². The van der Waals surface area contributed by atoms with Gasteiger partial charge in [0.05, 0.1) is 0 Å².